The van der Waals surface area contributed by atoms with Crippen LogP contribution >= 0.6 is 0 Å². The van der Waals surface area contributed by atoms with E-state index >= 15 is 0 Å². The van der Waals surface area contributed by atoms with Crippen molar-refractivity contribution >= 4 is 11.9 Å². The number of carbonyl (C=O) groups is 2. The van der Waals surface area contributed by atoms with Crippen LogP contribution in [0.5, 0.6) is 0 Å². The maximum atomic E-state index is 14.0. The third-order valence-electron chi connectivity index (χ3n) is 5.39. The van der Waals surface area contributed by atoms with Crippen LogP contribution in [0, 0.1) is 11.7 Å². The largest absolute Gasteiger partial charge is 0.478 e. The smallest absolute Gasteiger partial charge is 0.335 e. The molecule has 1 amide bonds. The third kappa shape index (κ3) is 5.45. The molecule has 0 bridgehead atoms. The number of ether oxygens (including phenoxy) is 1. The Morgan fingerprint density at radius 3 is 2.37 bits per heavy atom. The van der Waals surface area contributed by atoms with Crippen LogP contribution in [0.2, 0.25) is 0 Å². The van der Waals surface area contributed by atoms with Crippen LogP contribution in [-0.2, 0) is 16.1 Å². The molecular weight excluding hydrogens is 385 g/mol. The number of hydrogen-bond donors (Lipinski definition) is 2. The Morgan fingerprint density at radius 1 is 1.13 bits per heavy atom. The highest BCUT2D eigenvalue weighted by molar-refractivity contribution is 5.87. The van der Waals surface area contributed by atoms with Crippen LogP contribution < -0.4 is 5.32 Å². The number of carbonyl (C=O) groups excluding carboxylic acids is 1. The zero-order chi connectivity index (χ0) is 21.8. The summed E-state index contributed by atoms with van der Waals surface area (Å²) in [5.41, 5.74) is 2.60. The Morgan fingerprint density at radius 2 is 1.80 bits per heavy atom. The Balaban J connectivity index is 1.61. The first-order chi connectivity index (χ1) is 14.3. The van der Waals surface area contributed by atoms with E-state index in [-0.39, 0.29) is 35.9 Å². The molecule has 2 unspecified atom stereocenters. The molecule has 0 aromatic heterocycles. The lowest BCUT2D eigenvalue weighted by Gasteiger charge is -2.24. The zero-order valence-electron chi connectivity index (χ0n) is 17.5. The van der Waals surface area contributed by atoms with Gasteiger partial charge in [0.15, 0.2) is 0 Å². The first-order valence-corrected chi connectivity index (χ1v) is 10.3. The van der Waals surface area contributed by atoms with Gasteiger partial charge in [0, 0.05) is 0 Å². The quantitative estimate of drug-likeness (QED) is 0.618. The number of rotatable bonds is 9. The van der Waals surface area contributed by atoms with Gasteiger partial charge in [0.25, 0.3) is 0 Å². The molecule has 2 aromatic carbocycles. The number of halogens is 1. The van der Waals surface area contributed by atoms with Gasteiger partial charge in [-0.3, -0.25) is 4.79 Å². The number of benzene rings is 2. The fourth-order valence-corrected chi connectivity index (χ4v) is 3.44. The van der Waals surface area contributed by atoms with Crippen LogP contribution in [0.3, 0.4) is 0 Å². The van der Waals surface area contributed by atoms with E-state index in [1.165, 1.54) is 18.2 Å². The molecule has 6 heteroatoms. The Kier molecular flexibility index (Phi) is 6.87. The molecule has 0 spiro atoms. The SMILES string of the molecule is CC(NC(=O)C(OCc1ccc(F)c(C2CC2)c1)C(C)C)c1ccc(C(=O)O)cc1. The van der Waals surface area contributed by atoms with Crippen LogP contribution in [0.4, 0.5) is 4.39 Å². The van der Waals surface area contributed by atoms with Gasteiger partial charge in [0.1, 0.15) is 11.9 Å². The van der Waals surface area contributed by atoms with Crippen molar-refractivity contribution in [3.8, 4) is 0 Å². The van der Waals surface area contributed by atoms with Gasteiger partial charge in [0.2, 0.25) is 5.91 Å². The number of aromatic carboxylic acids is 1. The first-order valence-electron chi connectivity index (χ1n) is 10.3. The van der Waals surface area contributed by atoms with Gasteiger partial charge in [-0.25, -0.2) is 9.18 Å². The minimum absolute atomic E-state index is 0.0464. The van der Waals surface area contributed by atoms with Crippen molar-refractivity contribution in [2.75, 3.05) is 0 Å². The molecule has 0 heterocycles. The van der Waals surface area contributed by atoms with E-state index in [1.807, 2.05) is 26.8 Å². The number of nitrogens with one attached hydrogen (secondary N) is 1. The molecule has 1 aliphatic carbocycles. The molecule has 160 valence electrons. The second-order valence-corrected chi connectivity index (χ2v) is 8.26. The summed E-state index contributed by atoms with van der Waals surface area (Å²) in [5.74, 6) is -1.14. The number of hydrogen-bond acceptors (Lipinski definition) is 3. The van der Waals surface area contributed by atoms with Crippen molar-refractivity contribution in [2.24, 2.45) is 5.92 Å². The summed E-state index contributed by atoms with van der Waals surface area (Å²) in [5, 5.41) is 11.9. The molecule has 5 nitrogen and oxygen atoms in total. The second-order valence-electron chi connectivity index (χ2n) is 8.26. The second kappa shape index (κ2) is 9.39. The summed E-state index contributed by atoms with van der Waals surface area (Å²) >= 11 is 0. The summed E-state index contributed by atoms with van der Waals surface area (Å²) in [6.07, 6.45) is 1.38. The van der Waals surface area contributed by atoms with E-state index in [4.69, 9.17) is 9.84 Å². The Labute approximate surface area is 176 Å². The summed E-state index contributed by atoms with van der Waals surface area (Å²) in [7, 11) is 0. The number of carboxylic acid groups (broad SMARTS) is 1. The van der Waals surface area contributed by atoms with E-state index in [1.54, 1.807) is 18.2 Å². The zero-order valence-corrected chi connectivity index (χ0v) is 17.5. The molecule has 1 fully saturated rings. The summed E-state index contributed by atoms with van der Waals surface area (Å²) < 4.78 is 19.9. The molecule has 0 radical (unpaired) electrons. The lowest BCUT2D eigenvalue weighted by molar-refractivity contribution is -0.137. The van der Waals surface area contributed by atoms with Crippen molar-refractivity contribution in [3.63, 3.8) is 0 Å². The molecular formula is C24H28FNO4. The normalized spacial score (nSPS) is 15.6. The van der Waals surface area contributed by atoms with Crippen molar-refractivity contribution in [2.45, 2.75) is 58.3 Å². The monoisotopic (exact) mass is 413 g/mol. The van der Waals surface area contributed by atoms with Crippen molar-refractivity contribution in [1.82, 2.24) is 5.32 Å². The van der Waals surface area contributed by atoms with E-state index in [0.29, 0.717) is 5.92 Å². The minimum atomic E-state index is -0.989. The predicted octanol–water partition coefficient (Wildman–Crippen LogP) is 4.82. The van der Waals surface area contributed by atoms with E-state index in [0.717, 1.165) is 29.5 Å². The molecule has 3 rings (SSSR count). The lowest BCUT2D eigenvalue weighted by Crippen LogP contribution is -2.40. The van der Waals surface area contributed by atoms with Crippen molar-refractivity contribution in [1.29, 1.82) is 0 Å². The highest BCUT2D eigenvalue weighted by Gasteiger charge is 2.28. The average Bonchev–Trinajstić information content (AvgIpc) is 3.54. The third-order valence-corrected chi connectivity index (χ3v) is 5.39. The highest BCUT2D eigenvalue weighted by atomic mass is 19.1. The molecule has 2 atom stereocenters. The lowest BCUT2D eigenvalue weighted by atomic mass is 10.0. The molecule has 2 N–H and O–H groups in total. The molecule has 0 saturated heterocycles. The van der Waals surface area contributed by atoms with Crippen LogP contribution in [0.25, 0.3) is 0 Å². The summed E-state index contributed by atoms with van der Waals surface area (Å²) in [6.45, 7) is 5.90. The highest BCUT2D eigenvalue weighted by Crippen LogP contribution is 2.41. The fraction of sp³-hybridized carbons (Fsp3) is 0.417. The van der Waals surface area contributed by atoms with Gasteiger partial charge >= 0.3 is 5.97 Å². The molecule has 0 aliphatic heterocycles. The van der Waals surface area contributed by atoms with Crippen molar-refractivity contribution in [3.05, 3.63) is 70.5 Å². The number of carboxylic acids is 1. The van der Waals surface area contributed by atoms with E-state index in [9.17, 15) is 14.0 Å². The first kappa shape index (κ1) is 22.0. The Bertz CT molecular complexity index is 906. The molecule has 2 aromatic rings. The summed E-state index contributed by atoms with van der Waals surface area (Å²) in [6, 6.07) is 11.1. The van der Waals surface area contributed by atoms with Gasteiger partial charge in [-0.2, -0.15) is 0 Å². The van der Waals surface area contributed by atoms with E-state index < -0.39 is 12.1 Å². The minimum Gasteiger partial charge on any atom is -0.478 e. The van der Waals surface area contributed by atoms with Gasteiger partial charge in [-0.1, -0.05) is 38.1 Å². The van der Waals surface area contributed by atoms with Gasteiger partial charge < -0.3 is 15.2 Å². The predicted molar refractivity (Wildman–Crippen MR) is 112 cm³/mol. The van der Waals surface area contributed by atoms with Crippen LogP contribution in [-0.4, -0.2) is 23.1 Å². The van der Waals surface area contributed by atoms with Gasteiger partial charge in [0.05, 0.1) is 18.2 Å². The van der Waals surface area contributed by atoms with Crippen molar-refractivity contribution < 1.29 is 23.8 Å². The average molecular weight is 413 g/mol. The van der Waals surface area contributed by atoms with Gasteiger partial charge in [-0.05, 0) is 66.5 Å². The maximum absolute atomic E-state index is 14.0. The standard InChI is InChI=1S/C24H28FNO4/c1-14(2)22(30-13-16-4-11-21(25)20(12-16)18-7-8-18)23(27)26-15(3)17-5-9-19(10-6-17)24(28)29/h4-6,9-12,14-15,18,22H,7-8,13H2,1-3H3,(H,26,27)(H,28,29). The topological polar surface area (TPSA) is 75.6 Å². The van der Waals surface area contributed by atoms with E-state index in [2.05, 4.69) is 5.32 Å². The van der Waals surface area contributed by atoms with Gasteiger partial charge in [-0.15, -0.1) is 0 Å². The number of amides is 1. The fourth-order valence-electron chi connectivity index (χ4n) is 3.44. The molecule has 30 heavy (non-hydrogen) atoms. The molecule has 1 aliphatic rings. The van der Waals surface area contributed by atoms with Crippen LogP contribution in [0.1, 0.15) is 72.6 Å². The Hall–Kier alpha value is -2.73. The van der Waals surface area contributed by atoms with Crippen LogP contribution in [0.15, 0.2) is 42.5 Å². The summed E-state index contributed by atoms with van der Waals surface area (Å²) in [4.78, 5) is 23.8. The maximum Gasteiger partial charge on any atom is 0.335 e. The molecule has 1 saturated carbocycles.